The van der Waals surface area contributed by atoms with Crippen molar-refractivity contribution in [3.05, 3.63) is 0 Å². The Morgan fingerprint density at radius 1 is 0.529 bits per heavy atom. The van der Waals surface area contributed by atoms with Crippen LogP contribution < -0.4 is 0 Å². The third kappa shape index (κ3) is 11.9. The molecule has 0 radical (unpaired) electrons. The van der Waals surface area contributed by atoms with Gasteiger partial charge < -0.3 is 40.9 Å². The lowest BCUT2D eigenvalue weighted by molar-refractivity contribution is -0.0437. The highest BCUT2D eigenvalue weighted by Gasteiger charge is 2.18. The lowest BCUT2D eigenvalue weighted by atomic mass is 10.1. The van der Waals surface area contributed by atoms with E-state index in [1.165, 1.54) is 0 Å². The van der Waals surface area contributed by atoms with E-state index in [0.717, 1.165) is 0 Å². The molecule has 0 aliphatic heterocycles. The van der Waals surface area contributed by atoms with E-state index in [4.69, 9.17) is 40.9 Å². The van der Waals surface area contributed by atoms with Crippen molar-refractivity contribution in [2.24, 2.45) is 0 Å². The molecule has 8 heteroatoms. The standard InChI is InChI=1S/C6H14O5.C3H8O3/c7-2-4(9)1-5(10)6(11)3-8;4-1-3(6)2-5/h4-11H,1-3H2;3-6H,1-2H2. The molecule has 106 valence electrons. The van der Waals surface area contributed by atoms with E-state index in [2.05, 4.69) is 0 Å². The van der Waals surface area contributed by atoms with Crippen molar-refractivity contribution in [2.45, 2.75) is 30.8 Å². The molecule has 0 spiro atoms. The topological polar surface area (TPSA) is 162 Å². The van der Waals surface area contributed by atoms with Crippen molar-refractivity contribution in [3.8, 4) is 0 Å². The lowest BCUT2D eigenvalue weighted by Gasteiger charge is -2.17. The Hall–Kier alpha value is -0.320. The molecule has 0 bridgehead atoms. The third-order valence-corrected chi connectivity index (χ3v) is 1.78. The van der Waals surface area contributed by atoms with Crippen LogP contribution in [-0.4, -0.2) is 91.7 Å². The monoisotopic (exact) mass is 258 g/mol. The molecule has 0 saturated heterocycles. The highest BCUT2D eigenvalue weighted by molar-refractivity contribution is 4.69. The van der Waals surface area contributed by atoms with Gasteiger partial charge in [-0.3, -0.25) is 0 Å². The zero-order valence-electron chi connectivity index (χ0n) is 9.42. The average Bonchev–Trinajstić information content (AvgIpc) is 2.36. The molecular weight excluding hydrogens is 236 g/mol. The van der Waals surface area contributed by atoms with Crippen molar-refractivity contribution in [3.63, 3.8) is 0 Å². The molecule has 0 saturated carbocycles. The highest BCUT2D eigenvalue weighted by Crippen LogP contribution is 2.02. The molecule has 8 N–H and O–H groups in total. The van der Waals surface area contributed by atoms with Crippen molar-refractivity contribution in [2.75, 3.05) is 26.4 Å². The molecule has 0 amide bonds. The molecule has 0 heterocycles. The van der Waals surface area contributed by atoms with Crippen LogP contribution in [0.25, 0.3) is 0 Å². The van der Waals surface area contributed by atoms with Crippen LogP contribution in [-0.2, 0) is 0 Å². The zero-order valence-corrected chi connectivity index (χ0v) is 9.42. The van der Waals surface area contributed by atoms with E-state index < -0.39 is 37.6 Å². The van der Waals surface area contributed by atoms with Crippen LogP contribution in [0.1, 0.15) is 6.42 Å². The number of hydrogen-bond donors (Lipinski definition) is 8. The molecule has 0 aromatic rings. The second-order valence-electron chi connectivity index (χ2n) is 3.41. The largest absolute Gasteiger partial charge is 0.394 e. The summed E-state index contributed by atoms with van der Waals surface area (Å²) in [6.45, 7) is -1.75. The summed E-state index contributed by atoms with van der Waals surface area (Å²) < 4.78 is 0. The maximum absolute atomic E-state index is 8.94. The smallest absolute Gasteiger partial charge is 0.103 e. The summed E-state index contributed by atoms with van der Waals surface area (Å²) in [5, 5.41) is 67.2. The summed E-state index contributed by atoms with van der Waals surface area (Å²) in [5.41, 5.74) is 0. The van der Waals surface area contributed by atoms with E-state index >= 15 is 0 Å². The minimum absolute atomic E-state index is 0.141. The van der Waals surface area contributed by atoms with Crippen LogP contribution in [0.4, 0.5) is 0 Å². The van der Waals surface area contributed by atoms with Crippen molar-refractivity contribution >= 4 is 0 Å². The first-order chi connectivity index (χ1) is 7.92. The Morgan fingerprint density at radius 2 is 0.941 bits per heavy atom. The number of aliphatic hydroxyl groups is 8. The maximum Gasteiger partial charge on any atom is 0.103 e. The SMILES string of the molecule is OCC(O)CC(O)C(O)CO.OCC(O)CO. The quantitative estimate of drug-likeness (QED) is 0.228. The minimum atomic E-state index is -1.25. The first-order valence-corrected chi connectivity index (χ1v) is 5.08. The van der Waals surface area contributed by atoms with Gasteiger partial charge in [-0.1, -0.05) is 0 Å². The summed E-state index contributed by atoms with van der Waals surface area (Å²) >= 11 is 0. The lowest BCUT2D eigenvalue weighted by Crippen LogP contribution is -2.33. The Kier molecular flexibility index (Phi) is 13.6. The molecule has 0 aliphatic carbocycles. The number of hydrogen-bond acceptors (Lipinski definition) is 8. The van der Waals surface area contributed by atoms with Gasteiger partial charge in [-0.15, -0.1) is 0 Å². The Morgan fingerprint density at radius 3 is 1.18 bits per heavy atom. The molecule has 8 nitrogen and oxygen atoms in total. The van der Waals surface area contributed by atoms with Gasteiger partial charge in [0, 0.05) is 6.42 Å². The van der Waals surface area contributed by atoms with Crippen LogP contribution in [0.5, 0.6) is 0 Å². The normalized spacial score (nSPS) is 16.1. The molecule has 0 aromatic carbocycles. The van der Waals surface area contributed by atoms with E-state index in [1.807, 2.05) is 0 Å². The van der Waals surface area contributed by atoms with E-state index in [9.17, 15) is 0 Å². The van der Waals surface area contributed by atoms with Gasteiger partial charge in [0.2, 0.25) is 0 Å². The Bertz CT molecular complexity index is 152. The van der Waals surface area contributed by atoms with Gasteiger partial charge in [-0.25, -0.2) is 0 Å². The van der Waals surface area contributed by atoms with E-state index in [1.54, 1.807) is 0 Å². The van der Waals surface area contributed by atoms with Gasteiger partial charge in [0.15, 0.2) is 0 Å². The maximum atomic E-state index is 8.94. The van der Waals surface area contributed by atoms with Gasteiger partial charge in [0.25, 0.3) is 0 Å². The number of aliphatic hydroxyl groups excluding tert-OH is 8. The first-order valence-electron chi connectivity index (χ1n) is 5.08. The van der Waals surface area contributed by atoms with Crippen LogP contribution in [0, 0.1) is 0 Å². The van der Waals surface area contributed by atoms with Crippen molar-refractivity contribution in [1.82, 2.24) is 0 Å². The summed E-state index contributed by atoms with van der Waals surface area (Å²) in [6, 6.07) is 0. The van der Waals surface area contributed by atoms with E-state index in [-0.39, 0.29) is 19.6 Å². The summed E-state index contributed by atoms with van der Waals surface area (Å²) in [7, 11) is 0. The van der Waals surface area contributed by atoms with Crippen molar-refractivity contribution < 1.29 is 40.9 Å². The zero-order chi connectivity index (χ0) is 13.8. The minimum Gasteiger partial charge on any atom is -0.394 e. The summed E-state index contributed by atoms with van der Waals surface area (Å²) in [4.78, 5) is 0. The van der Waals surface area contributed by atoms with Crippen LogP contribution in [0.2, 0.25) is 0 Å². The van der Waals surface area contributed by atoms with Crippen LogP contribution >= 0.6 is 0 Å². The predicted molar refractivity (Wildman–Crippen MR) is 57.0 cm³/mol. The van der Waals surface area contributed by atoms with Gasteiger partial charge in [-0.05, 0) is 0 Å². The van der Waals surface area contributed by atoms with E-state index in [0.29, 0.717) is 0 Å². The van der Waals surface area contributed by atoms with Gasteiger partial charge >= 0.3 is 0 Å². The fourth-order valence-corrected chi connectivity index (χ4v) is 0.690. The third-order valence-electron chi connectivity index (χ3n) is 1.78. The average molecular weight is 258 g/mol. The van der Waals surface area contributed by atoms with Crippen LogP contribution in [0.15, 0.2) is 0 Å². The molecule has 0 aliphatic rings. The second-order valence-corrected chi connectivity index (χ2v) is 3.41. The summed E-state index contributed by atoms with van der Waals surface area (Å²) in [6.07, 6.45) is -4.59. The fourth-order valence-electron chi connectivity index (χ4n) is 0.690. The van der Waals surface area contributed by atoms with Gasteiger partial charge in [-0.2, -0.15) is 0 Å². The molecule has 3 unspecified atom stereocenters. The Balaban J connectivity index is 0. The Labute approximate surface area is 99.0 Å². The first kappa shape index (κ1) is 19.0. The molecule has 3 atom stereocenters. The summed E-state index contributed by atoms with van der Waals surface area (Å²) in [5.74, 6) is 0. The molecule has 0 fully saturated rings. The van der Waals surface area contributed by atoms with Gasteiger partial charge in [0.05, 0.1) is 38.6 Å². The number of rotatable bonds is 7. The van der Waals surface area contributed by atoms with Gasteiger partial charge in [0.1, 0.15) is 12.2 Å². The molecule has 17 heavy (non-hydrogen) atoms. The highest BCUT2D eigenvalue weighted by atomic mass is 16.4. The predicted octanol–water partition coefficient (Wildman–Crippen LogP) is -4.22. The van der Waals surface area contributed by atoms with Crippen molar-refractivity contribution in [1.29, 1.82) is 0 Å². The molecule has 0 rings (SSSR count). The van der Waals surface area contributed by atoms with Crippen LogP contribution in [0.3, 0.4) is 0 Å². The fraction of sp³-hybridized carbons (Fsp3) is 1.00. The second kappa shape index (κ2) is 12.1. The molecular formula is C9H22O8. The molecule has 0 aromatic heterocycles.